The molecule has 1 aliphatic rings. The van der Waals surface area contributed by atoms with Crippen LogP contribution in [0.3, 0.4) is 0 Å². The van der Waals surface area contributed by atoms with Gasteiger partial charge in [-0.25, -0.2) is 9.07 Å². The van der Waals surface area contributed by atoms with Gasteiger partial charge in [-0.1, -0.05) is 18.2 Å². The van der Waals surface area contributed by atoms with Crippen LogP contribution in [0.5, 0.6) is 0 Å². The molecule has 0 atom stereocenters. The van der Waals surface area contributed by atoms with Crippen LogP contribution < -0.4 is 0 Å². The molecule has 0 radical (unpaired) electrons. The largest absolute Gasteiger partial charge is 0.336 e. The van der Waals surface area contributed by atoms with Gasteiger partial charge in [-0.05, 0) is 36.4 Å². The number of hydrogen-bond donors (Lipinski definition) is 0. The molecule has 0 N–H and O–H groups in total. The van der Waals surface area contributed by atoms with E-state index in [9.17, 15) is 9.18 Å². The first kappa shape index (κ1) is 17.4. The lowest BCUT2D eigenvalue weighted by molar-refractivity contribution is 0.0628. The summed E-state index contributed by atoms with van der Waals surface area (Å²) in [5.74, 6) is -0.362. The first-order valence-corrected chi connectivity index (χ1v) is 9.05. The summed E-state index contributed by atoms with van der Waals surface area (Å²) in [7, 11) is 0. The normalized spacial score (nSPS) is 15.1. The standard InChI is InChI=1S/C21H21FN4O/c22-19-8-6-18(7-9-19)21(27)25-12-10-24(11-13-25)15-17-14-23-26(16-17)20-4-2-1-3-5-20/h1-9,14,16H,10-13,15H2. The summed E-state index contributed by atoms with van der Waals surface area (Å²) in [6.45, 7) is 3.77. The third-order valence-corrected chi connectivity index (χ3v) is 4.81. The number of carbonyl (C=O) groups is 1. The van der Waals surface area contributed by atoms with Gasteiger partial charge in [0, 0.05) is 50.0 Å². The van der Waals surface area contributed by atoms with E-state index in [1.54, 1.807) is 12.1 Å². The highest BCUT2D eigenvalue weighted by Gasteiger charge is 2.22. The van der Waals surface area contributed by atoms with Crippen LogP contribution in [0.15, 0.2) is 67.0 Å². The lowest BCUT2D eigenvalue weighted by atomic mass is 10.1. The molecule has 0 saturated carbocycles. The second kappa shape index (κ2) is 7.72. The monoisotopic (exact) mass is 364 g/mol. The van der Waals surface area contributed by atoms with Crippen LogP contribution in [0.25, 0.3) is 5.69 Å². The van der Waals surface area contributed by atoms with Gasteiger partial charge in [0.05, 0.1) is 11.9 Å². The van der Waals surface area contributed by atoms with E-state index in [4.69, 9.17) is 0 Å². The Morgan fingerprint density at radius 2 is 1.67 bits per heavy atom. The molecule has 0 spiro atoms. The smallest absolute Gasteiger partial charge is 0.253 e. The van der Waals surface area contributed by atoms with Gasteiger partial charge in [0.1, 0.15) is 5.82 Å². The second-order valence-electron chi connectivity index (χ2n) is 6.70. The molecule has 1 amide bonds. The molecular formula is C21H21FN4O. The van der Waals surface area contributed by atoms with Crippen molar-refractivity contribution in [2.45, 2.75) is 6.54 Å². The summed E-state index contributed by atoms with van der Waals surface area (Å²) in [4.78, 5) is 16.7. The Bertz CT molecular complexity index is 899. The van der Waals surface area contributed by atoms with Gasteiger partial charge in [-0.3, -0.25) is 9.69 Å². The quantitative estimate of drug-likeness (QED) is 0.715. The molecule has 2 aromatic carbocycles. The number of para-hydroxylation sites is 1. The lowest BCUT2D eigenvalue weighted by Gasteiger charge is -2.34. The summed E-state index contributed by atoms with van der Waals surface area (Å²) in [6, 6.07) is 15.8. The molecule has 6 heteroatoms. The number of halogens is 1. The van der Waals surface area contributed by atoms with E-state index in [0.717, 1.165) is 30.9 Å². The molecule has 2 heterocycles. The lowest BCUT2D eigenvalue weighted by Crippen LogP contribution is -2.48. The van der Waals surface area contributed by atoms with E-state index in [2.05, 4.69) is 10.00 Å². The molecule has 1 saturated heterocycles. The highest BCUT2D eigenvalue weighted by Crippen LogP contribution is 2.13. The molecular weight excluding hydrogens is 343 g/mol. The summed E-state index contributed by atoms with van der Waals surface area (Å²) < 4.78 is 14.9. The van der Waals surface area contributed by atoms with Gasteiger partial charge >= 0.3 is 0 Å². The zero-order valence-electron chi connectivity index (χ0n) is 15.0. The van der Waals surface area contributed by atoms with Crippen molar-refractivity contribution >= 4 is 5.91 Å². The maximum Gasteiger partial charge on any atom is 0.253 e. The van der Waals surface area contributed by atoms with E-state index >= 15 is 0 Å². The number of aromatic nitrogens is 2. The Balaban J connectivity index is 1.33. The summed E-state index contributed by atoms with van der Waals surface area (Å²) in [5, 5.41) is 4.44. The summed E-state index contributed by atoms with van der Waals surface area (Å²) in [6.07, 6.45) is 3.94. The van der Waals surface area contributed by atoms with Gasteiger partial charge in [0.25, 0.3) is 5.91 Å². The van der Waals surface area contributed by atoms with Crippen LogP contribution in [0, 0.1) is 5.82 Å². The van der Waals surface area contributed by atoms with Gasteiger partial charge in [0.2, 0.25) is 0 Å². The van der Waals surface area contributed by atoms with Gasteiger partial charge in [-0.2, -0.15) is 5.10 Å². The zero-order valence-corrected chi connectivity index (χ0v) is 15.0. The third-order valence-electron chi connectivity index (χ3n) is 4.81. The van der Waals surface area contributed by atoms with E-state index in [1.165, 1.54) is 12.1 Å². The minimum Gasteiger partial charge on any atom is -0.336 e. The van der Waals surface area contributed by atoms with Crippen LogP contribution in [0.1, 0.15) is 15.9 Å². The number of amides is 1. The van der Waals surface area contributed by atoms with Crippen molar-refractivity contribution in [1.82, 2.24) is 19.6 Å². The van der Waals surface area contributed by atoms with E-state index in [0.29, 0.717) is 18.7 Å². The predicted molar refractivity (Wildman–Crippen MR) is 101 cm³/mol. The summed E-state index contributed by atoms with van der Waals surface area (Å²) in [5.41, 5.74) is 2.73. The first-order valence-electron chi connectivity index (χ1n) is 9.05. The van der Waals surface area contributed by atoms with Crippen molar-refractivity contribution in [2.75, 3.05) is 26.2 Å². The molecule has 27 heavy (non-hydrogen) atoms. The zero-order chi connectivity index (χ0) is 18.6. The van der Waals surface area contributed by atoms with E-state index in [-0.39, 0.29) is 11.7 Å². The maximum absolute atomic E-state index is 13.0. The Hall–Kier alpha value is -2.99. The van der Waals surface area contributed by atoms with Crippen molar-refractivity contribution < 1.29 is 9.18 Å². The number of hydrogen-bond acceptors (Lipinski definition) is 3. The Morgan fingerprint density at radius 3 is 2.37 bits per heavy atom. The predicted octanol–water partition coefficient (Wildman–Crippen LogP) is 2.97. The van der Waals surface area contributed by atoms with E-state index in [1.807, 2.05) is 52.3 Å². The molecule has 1 aliphatic heterocycles. The van der Waals surface area contributed by atoms with Gasteiger partial charge in [0.15, 0.2) is 0 Å². The summed E-state index contributed by atoms with van der Waals surface area (Å²) >= 11 is 0. The Kier molecular flexibility index (Phi) is 4.98. The van der Waals surface area contributed by atoms with Gasteiger partial charge < -0.3 is 4.90 Å². The van der Waals surface area contributed by atoms with Crippen molar-refractivity contribution in [3.63, 3.8) is 0 Å². The second-order valence-corrected chi connectivity index (χ2v) is 6.70. The van der Waals surface area contributed by atoms with Crippen molar-refractivity contribution in [3.8, 4) is 5.69 Å². The third kappa shape index (κ3) is 4.06. The fourth-order valence-corrected chi connectivity index (χ4v) is 3.31. The van der Waals surface area contributed by atoms with Gasteiger partial charge in [-0.15, -0.1) is 0 Å². The highest BCUT2D eigenvalue weighted by atomic mass is 19.1. The molecule has 1 fully saturated rings. The number of carbonyl (C=O) groups excluding carboxylic acids is 1. The molecule has 0 unspecified atom stereocenters. The van der Waals surface area contributed by atoms with Crippen molar-refractivity contribution in [2.24, 2.45) is 0 Å². The molecule has 0 bridgehead atoms. The average Bonchev–Trinajstić information content (AvgIpc) is 3.18. The fourth-order valence-electron chi connectivity index (χ4n) is 3.31. The van der Waals surface area contributed by atoms with Crippen LogP contribution in [0.2, 0.25) is 0 Å². The molecule has 4 rings (SSSR count). The first-order chi connectivity index (χ1) is 13.2. The number of nitrogens with zero attached hydrogens (tertiary/aromatic N) is 4. The minimum atomic E-state index is -0.326. The SMILES string of the molecule is O=C(c1ccc(F)cc1)N1CCN(Cc2cnn(-c3ccccc3)c2)CC1. The maximum atomic E-state index is 13.0. The molecule has 0 aliphatic carbocycles. The van der Waals surface area contributed by atoms with Crippen LogP contribution >= 0.6 is 0 Å². The van der Waals surface area contributed by atoms with E-state index < -0.39 is 0 Å². The van der Waals surface area contributed by atoms with Crippen molar-refractivity contribution in [1.29, 1.82) is 0 Å². The molecule has 3 aromatic rings. The minimum absolute atomic E-state index is 0.0356. The van der Waals surface area contributed by atoms with Crippen LogP contribution in [0.4, 0.5) is 4.39 Å². The van der Waals surface area contributed by atoms with Crippen LogP contribution in [-0.2, 0) is 6.54 Å². The highest BCUT2D eigenvalue weighted by molar-refractivity contribution is 5.94. The number of benzene rings is 2. The molecule has 138 valence electrons. The number of piperazine rings is 1. The number of rotatable bonds is 4. The molecule has 1 aromatic heterocycles. The average molecular weight is 364 g/mol. The molecule has 5 nitrogen and oxygen atoms in total. The topological polar surface area (TPSA) is 41.4 Å². The van der Waals surface area contributed by atoms with Crippen LogP contribution in [-0.4, -0.2) is 51.7 Å². The fraction of sp³-hybridized carbons (Fsp3) is 0.238. The Labute approximate surface area is 157 Å². The Morgan fingerprint density at radius 1 is 0.963 bits per heavy atom. The van der Waals surface area contributed by atoms with Crippen molar-refractivity contribution in [3.05, 3.63) is 83.9 Å².